The van der Waals surface area contributed by atoms with Gasteiger partial charge in [-0.3, -0.25) is 19.3 Å². The lowest BCUT2D eigenvalue weighted by molar-refractivity contribution is -0.125. The number of hydrogen-bond donors (Lipinski definition) is 2. The van der Waals surface area contributed by atoms with Crippen LogP contribution >= 0.6 is 22.9 Å². The second kappa shape index (κ2) is 11.5. The number of anilines is 2. The van der Waals surface area contributed by atoms with E-state index < -0.39 is 17.8 Å². The van der Waals surface area contributed by atoms with E-state index in [0.717, 1.165) is 30.7 Å². The topological polar surface area (TPSA) is 91.0 Å². The van der Waals surface area contributed by atoms with Gasteiger partial charge in [-0.15, -0.1) is 11.3 Å². The molecule has 11 heteroatoms. The van der Waals surface area contributed by atoms with Gasteiger partial charge in [0.1, 0.15) is 18.5 Å². The first kappa shape index (κ1) is 25.6. The van der Waals surface area contributed by atoms with Crippen LogP contribution < -0.4 is 15.5 Å². The van der Waals surface area contributed by atoms with E-state index in [9.17, 15) is 18.8 Å². The van der Waals surface area contributed by atoms with Gasteiger partial charge in [-0.2, -0.15) is 0 Å². The molecule has 0 bridgehead atoms. The molecular weight excluding hydrogens is 495 g/mol. The molecule has 1 aromatic carbocycles. The average molecular weight is 523 g/mol. The van der Waals surface area contributed by atoms with Gasteiger partial charge < -0.3 is 20.3 Å². The Morgan fingerprint density at radius 2 is 2.11 bits per heavy atom. The predicted octanol–water partition coefficient (Wildman–Crippen LogP) is 3.37. The summed E-state index contributed by atoms with van der Waals surface area (Å²) in [5, 5.41) is 5.49. The molecule has 2 heterocycles. The number of amides is 3. The highest BCUT2D eigenvalue weighted by atomic mass is 35.5. The molecule has 2 fully saturated rings. The number of hydrogen-bond acceptors (Lipinski definition) is 6. The number of benzene rings is 1. The summed E-state index contributed by atoms with van der Waals surface area (Å²) in [6.07, 6.45) is 2.22. The molecule has 1 saturated carbocycles. The lowest BCUT2D eigenvalue weighted by Gasteiger charge is -2.30. The van der Waals surface area contributed by atoms with Gasteiger partial charge in [0.2, 0.25) is 5.91 Å². The van der Waals surface area contributed by atoms with E-state index in [0.29, 0.717) is 40.5 Å². The van der Waals surface area contributed by atoms with Crippen LogP contribution in [0.1, 0.15) is 29.4 Å². The zero-order valence-corrected chi connectivity index (χ0v) is 21.0. The molecule has 1 aromatic heterocycles. The van der Waals surface area contributed by atoms with Crippen LogP contribution in [0.25, 0.3) is 0 Å². The van der Waals surface area contributed by atoms with Crippen molar-refractivity contribution in [1.29, 1.82) is 0 Å². The fourth-order valence-electron chi connectivity index (χ4n) is 3.99. The van der Waals surface area contributed by atoms with Crippen molar-refractivity contribution in [2.24, 2.45) is 5.92 Å². The number of ether oxygens (including phenoxy) is 1. The first-order chi connectivity index (χ1) is 16.9. The number of rotatable bonds is 10. The average Bonchev–Trinajstić information content (AvgIpc) is 3.56. The van der Waals surface area contributed by atoms with Crippen LogP contribution in [0.2, 0.25) is 4.34 Å². The minimum absolute atomic E-state index is 0.0169. The van der Waals surface area contributed by atoms with Gasteiger partial charge in [-0.25, -0.2) is 4.39 Å². The van der Waals surface area contributed by atoms with Gasteiger partial charge in [0.05, 0.1) is 21.5 Å². The maximum Gasteiger partial charge on any atom is 0.261 e. The molecule has 0 unspecified atom stereocenters. The molecule has 0 spiro atoms. The Morgan fingerprint density at radius 3 is 2.74 bits per heavy atom. The van der Waals surface area contributed by atoms with Gasteiger partial charge >= 0.3 is 0 Å². The van der Waals surface area contributed by atoms with Crippen molar-refractivity contribution in [2.75, 3.05) is 49.6 Å². The minimum atomic E-state index is -0.681. The van der Waals surface area contributed by atoms with Crippen LogP contribution in [0, 0.1) is 11.7 Å². The Kier molecular flexibility index (Phi) is 8.38. The summed E-state index contributed by atoms with van der Waals surface area (Å²) in [5.74, 6) is -1.08. The van der Waals surface area contributed by atoms with E-state index in [1.807, 2.05) is 11.8 Å². The van der Waals surface area contributed by atoms with Crippen LogP contribution in [-0.4, -0.2) is 68.1 Å². The first-order valence-electron chi connectivity index (χ1n) is 11.6. The molecule has 1 aliphatic heterocycles. The van der Waals surface area contributed by atoms with Crippen LogP contribution in [0.4, 0.5) is 15.8 Å². The molecule has 3 amide bonds. The lowest BCUT2D eigenvalue weighted by Crippen LogP contribution is -2.51. The van der Waals surface area contributed by atoms with E-state index in [-0.39, 0.29) is 30.7 Å². The van der Waals surface area contributed by atoms with Gasteiger partial charge in [0, 0.05) is 25.3 Å². The van der Waals surface area contributed by atoms with Crippen LogP contribution in [0.3, 0.4) is 0 Å². The molecule has 4 rings (SSSR count). The fourth-order valence-corrected chi connectivity index (χ4v) is 4.95. The largest absolute Gasteiger partial charge is 0.370 e. The molecule has 1 saturated heterocycles. The number of halogens is 2. The molecule has 35 heavy (non-hydrogen) atoms. The van der Waals surface area contributed by atoms with Crippen LogP contribution in [0.5, 0.6) is 0 Å². The van der Waals surface area contributed by atoms with Gasteiger partial charge in [-0.1, -0.05) is 18.5 Å². The molecule has 2 aliphatic rings. The van der Waals surface area contributed by atoms with Crippen molar-refractivity contribution in [2.45, 2.75) is 25.8 Å². The quantitative estimate of drug-likeness (QED) is 0.499. The Bertz CT molecular complexity index is 1090. The van der Waals surface area contributed by atoms with Crippen LogP contribution in [-0.2, 0) is 14.3 Å². The van der Waals surface area contributed by atoms with E-state index in [1.54, 1.807) is 18.2 Å². The third-order valence-electron chi connectivity index (χ3n) is 6.10. The van der Waals surface area contributed by atoms with Crippen molar-refractivity contribution >= 4 is 52.0 Å². The summed E-state index contributed by atoms with van der Waals surface area (Å²) in [6.45, 7) is 4.05. The van der Waals surface area contributed by atoms with Crippen molar-refractivity contribution in [1.82, 2.24) is 10.2 Å². The molecule has 1 atom stereocenters. The number of morpholine rings is 1. The highest BCUT2D eigenvalue weighted by molar-refractivity contribution is 7.18. The zero-order valence-electron chi connectivity index (χ0n) is 19.4. The minimum Gasteiger partial charge on any atom is -0.370 e. The monoisotopic (exact) mass is 522 g/mol. The van der Waals surface area contributed by atoms with Crippen molar-refractivity contribution < 1.29 is 23.5 Å². The maximum atomic E-state index is 14.9. The smallest absolute Gasteiger partial charge is 0.261 e. The van der Waals surface area contributed by atoms with E-state index in [1.165, 1.54) is 17.0 Å². The Labute approximate surface area is 212 Å². The number of carbonyl (C=O) groups is 3. The van der Waals surface area contributed by atoms with Gasteiger partial charge in [0.25, 0.3) is 11.8 Å². The summed E-state index contributed by atoms with van der Waals surface area (Å²) < 4.78 is 20.5. The molecule has 2 aromatic rings. The Balaban J connectivity index is 1.46. The predicted molar refractivity (Wildman–Crippen MR) is 134 cm³/mol. The van der Waals surface area contributed by atoms with Gasteiger partial charge in [0.15, 0.2) is 0 Å². The SMILES string of the molecule is CCN(CC1CC1)[C@H](CNC(=O)c1ccc(Cl)s1)C(=O)Nc1ccc(N2CCOCC2=O)cc1F. The maximum absolute atomic E-state index is 14.9. The highest BCUT2D eigenvalue weighted by Gasteiger charge is 2.32. The zero-order chi connectivity index (χ0) is 24.9. The third kappa shape index (κ3) is 6.58. The highest BCUT2D eigenvalue weighted by Crippen LogP contribution is 2.30. The molecule has 0 radical (unpaired) electrons. The summed E-state index contributed by atoms with van der Waals surface area (Å²) in [5.41, 5.74) is 0.430. The Morgan fingerprint density at radius 1 is 1.31 bits per heavy atom. The summed E-state index contributed by atoms with van der Waals surface area (Å²) in [4.78, 5) is 41.8. The second-order valence-electron chi connectivity index (χ2n) is 8.61. The fraction of sp³-hybridized carbons (Fsp3) is 0.458. The van der Waals surface area contributed by atoms with Gasteiger partial charge in [-0.05, 0) is 55.6 Å². The number of nitrogens with zero attached hydrogens (tertiary/aromatic N) is 2. The number of carbonyl (C=O) groups excluding carboxylic acids is 3. The molecule has 188 valence electrons. The number of nitrogens with one attached hydrogen (secondary N) is 2. The standard InChI is InChI=1S/C24H28ClFN4O4S/c1-2-29(13-15-3-4-15)19(12-27-24(33)20-7-8-21(25)35-20)23(32)28-18-6-5-16(11-17(18)26)30-9-10-34-14-22(30)31/h5-8,11,15,19H,2-4,9-10,12-14H2,1H3,(H,27,33)(H,28,32)/t19-/m1/s1. The molecular formula is C24H28ClFN4O4S. The second-order valence-corrected chi connectivity index (χ2v) is 10.3. The Hall–Kier alpha value is -2.53. The lowest BCUT2D eigenvalue weighted by atomic mass is 10.1. The van der Waals surface area contributed by atoms with Crippen molar-refractivity contribution in [3.8, 4) is 0 Å². The van der Waals surface area contributed by atoms with Crippen molar-refractivity contribution in [3.05, 3.63) is 45.4 Å². The summed E-state index contributed by atoms with van der Waals surface area (Å²) in [7, 11) is 0. The normalized spacial score (nSPS) is 16.9. The number of thiophene rings is 1. The van der Waals surface area contributed by atoms with E-state index in [4.69, 9.17) is 16.3 Å². The third-order valence-corrected chi connectivity index (χ3v) is 7.33. The summed E-state index contributed by atoms with van der Waals surface area (Å²) >= 11 is 7.09. The van der Waals surface area contributed by atoms with Crippen LogP contribution in [0.15, 0.2) is 30.3 Å². The van der Waals surface area contributed by atoms with E-state index in [2.05, 4.69) is 10.6 Å². The number of likely N-dealkylation sites (N-methyl/N-ethyl adjacent to an activating group) is 1. The molecule has 2 N–H and O–H groups in total. The first-order valence-corrected chi connectivity index (χ1v) is 12.8. The molecule has 1 aliphatic carbocycles. The van der Waals surface area contributed by atoms with E-state index >= 15 is 0 Å². The summed E-state index contributed by atoms with van der Waals surface area (Å²) in [6, 6.07) is 6.88. The molecule has 8 nitrogen and oxygen atoms in total. The van der Waals surface area contributed by atoms with Crippen molar-refractivity contribution in [3.63, 3.8) is 0 Å².